The Balaban J connectivity index is 1.54. The van der Waals surface area contributed by atoms with Crippen LogP contribution in [0.1, 0.15) is 41.4 Å². The number of aryl methyl sites for hydroxylation is 1. The number of benzene rings is 1. The van der Waals surface area contributed by atoms with Gasteiger partial charge >= 0.3 is 0 Å². The van der Waals surface area contributed by atoms with Gasteiger partial charge in [0.1, 0.15) is 17.5 Å². The summed E-state index contributed by atoms with van der Waals surface area (Å²) in [5, 5.41) is 0. The first kappa shape index (κ1) is 22.3. The first-order valence-electron chi connectivity index (χ1n) is 11.2. The summed E-state index contributed by atoms with van der Waals surface area (Å²) in [6.45, 7) is 4.01. The molecule has 32 heavy (non-hydrogen) atoms. The van der Waals surface area contributed by atoms with Crippen LogP contribution in [0.25, 0.3) is 0 Å². The van der Waals surface area contributed by atoms with Crippen LogP contribution in [-0.4, -0.2) is 71.9 Å². The number of amides is 2. The van der Waals surface area contributed by atoms with E-state index in [0.717, 1.165) is 30.6 Å². The Kier molecular flexibility index (Phi) is 6.50. The Morgan fingerprint density at radius 3 is 2.78 bits per heavy atom. The van der Waals surface area contributed by atoms with E-state index in [2.05, 4.69) is 0 Å². The molecule has 2 aliphatic heterocycles. The molecule has 0 unspecified atom stereocenters. The second-order valence-corrected chi connectivity index (χ2v) is 8.95. The van der Waals surface area contributed by atoms with Gasteiger partial charge in [-0.2, -0.15) is 0 Å². The Morgan fingerprint density at radius 1 is 1.25 bits per heavy atom. The highest BCUT2D eigenvalue weighted by molar-refractivity contribution is 6.00. The molecule has 0 N–H and O–H groups in total. The zero-order valence-electron chi connectivity index (χ0n) is 19.0. The van der Waals surface area contributed by atoms with Crippen molar-refractivity contribution in [3.63, 3.8) is 0 Å². The van der Waals surface area contributed by atoms with Gasteiger partial charge in [-0.05, 0) is 51.9 Å². The van der Waals surface area contributed by atoms with E-state index in [1.807, 2.05) is 30.8 Å². The molecule has 0 saturated carbocycles. The van der Waals surface area contributed by atoms with E-state index >= 15 is 0 Å². The fourth-order valence-electron chi connectivity index (χ4n) is 4.53. The SMILES string of the molecule is Cc1nc([C@@H]2CCCN(C(=O)CN(C)C)C2)nc2c1CC(=O)N2CCc1ccccc1F. The van der Waals surface area contributed by atoms with Crippen LogP contribution in [-0.2, 0) is 22.4 Å². The van der Waals surface area contributed by atoms with Crippen LogP contribution in [0, 0.1) is 12.7 Å². The highest BCUT2D eigenvalue weighted by atomic mass is 19.1. The van der Waals surface area contributed by atoms with Gasteiger partial charge < -0.3 is 9.80 Å². The van der Waals surface area contributed by atoms with Crippen LogP contribution in [0.5, 0.6) is 0 Å². The maximum atomic E-state index is 14.0. The van der Waals surface area contributed by atoms with Crippen molar-refractivity contribution < 1.29 is 14.0 Å². The number of fused-ring (bicyclic) bond motifs is 1. The van der Waals surface area contributed by atoms with Gasteiger partial charge in [-0.1, -0.05) is 18.2 Å². The van der Waals surface area contributed by atoms with Gasteiger partial charge in [-0.25, -0.2) is 14.4 Å². The Morgan fingerprint density at radius 2 is 2.03 bits per heavy atom. The van der Waals surface area contributed by atoms with Crippen LogP contribution in [0.4, 0.5) is 10.2 Å². The normalized spacial score (nSPS) is 18.4. The van der Waals surface area contributed by atoms with E-state index in [0.29, 0.717) is 43.3 Å². The number of hydrogen-bond donors (Lipinski definition) is 0. The summed E-state index contributed by atoms with van der Waals surface area (Å²) in [5.41, 5.74) is 2.24. The zero-order valence-corrected chi connectivity index (χ0v) is 19.0. The number of halogens is 1. The van der Waals surface area contributed by atoms with E-state index in [1.165, 1.54) is 6.07 Å². The van der Waals surface area contributed by atoms with Crippen molar-refractivity contribution in [2.75, 3.05) is 45.2 Å². The molecule has 0 aliphatic carbocycles. The molecule has 1 saturated heterocycles. The molecule has 1 aromatic carbocycles. The number of anilines is 1. The molecule has 1 atom stereocenters. The third-order valence-corrected chi connectivity index (χ3v) is 6.25. The molecule has 2 aliphatic rings. The summed E-state index contributed by atoms with van der Waals surface area (Å²) < 4.78 is 14.0. The molecule has 1 aromatic heterocycles. The summed E-state index contributed by atoms with van der Waals surface area (Å²) in [6.07, 6.45) is 2.51. The van der Waals surface area contributed by atoms with Crippen molar-refractivity contribution in [2.24, 2.45) is 0 Å². The largest absolute Gasteiger partial charge is 0.341 e. The lowest BCUT2D eigenvalue weighted by molar-refractivity contribution is -0.133. The van der Waals surface area contributed by atoms with Gasteiger partial charge in [0.15, 0.2) is 0 Å². The lowest BCUT2D eigenvalue weighted by Crippen LogP contribution is -2.43. The lowest BCUT2D eigenvalue weighted by atomic mass is 9.96. The average molecular weight is 440 g/mol. The van der Waals surface area contributed by atoms with E-state index in [4.69, 9.17) is 9.97 Å². The van der Waals surface area contributed by atoms with Crippen LogP contribution >= 0.6 is 0 Å². The molecule has 4 rings (SSSR count). The smallest absolute Gasteiger partial charge is 0.236 e. The average Bonchev–Trinajstić information content (AvgIpc) is 3.08. The molecule has 1 fully saturated rings. The van der Waals surface area contributed by atoms with Gasteiger partial charge in [-0.3, -0.25) is 14.5 Å². The number of carbonyl (C=O) groups excluding carboxylic acids is 2. The summed E-state index contributed by atoms with van der Waals surface area (Å²) in [7, 11) is 3.78. The zero-order chi connectivity index (χ0) is 22.8. The quantitative estimate of drug-likeness (QED) is 0.691. The fraction of sp³-hybridized carbons (Fsp3) is 0.500. The van der Waals surface area contributed by atoms with Gasteiger partial charge in [0, 0.05) is 36.8 Å². The minimum Gasteiger partial charge on any atom is -0.341 e. The van der Waals surface area contributed by atoms with Gasteiger partial charge in [0.05, 0.1) is 13.0 Å². The third-order valence-electron chi connectivity index (χ3n) is 6.25. The van der Waals surface area contributed by atoms with E-state index in [-0.39, 0.29) is 30.0 Å². The predicted molar refractivity (Wildman–Crippen MR) is 120 cm³/mol. The third kappa shape index (κ3) is 4.65. The Hall–Kier alpha value is -2.87. The highest BCUT2D eigenvalue weighted by Crippen LogP contribution is 2.33. The molecule has 8 heteroatoms. The molecule has 170 valence electrons. The Bertz CT molecular complexity index is 1030. The number of carbonyl (C=O) groups is 2. The first-order chi connectivity index (χ1) is 15.3. The van der Waals surface area contributed by atoms with E-state index in [1.54, 1.807) is 23.1 Å². The van der Waals surface area contributed by atoms with Crippen molar-refractivity contribution in [1.29, 1.82) is 0 Å². The fourth-order valence-corrected chi connectivity index (χ4v) is 4.53. The molecule has 3 heterocycles. The van der Waals surface area contributed by atoms with Crippen molar-refractivity contribution in [1.82, 2.24) is 19.8 Å². The molecule has 0 bridgehead atoms. The second-order valence-electron chi connectivity index (χ2n) is 8.95. The van der Waals surface area contributed by atoms with E-state index < -0.39 is 0 Å². The number of rotatable bonds is 6. The molecule has 2 aromatic rings. The maximum absolute atomic E-state index is 14.0. The Labute approximate surface area is 188 Å². The molecular weight excluding hydrogens is 409 g/mol. The van der Waals surface area contributed by atoms with Crippen molar-refractivity contribution in [3.05, 3.63) is 52.7 Å². The van der Waals surface area contributed by atoms with Crippen LogP contribution in [0.15, 0.2) is 24.3 Å². The number of aromatic nitrogens is 2. The number of hydrogen-bond acceptors (Lipinski definition) is 5. The summed E-state index contributed by atoms with van der Waals surface area (Å²) in [5.74, 6) is 1.20. The predicted octanol–water partition coefficient (Wildman–Crippen LogP) is 2.32. The lowest BCUT2D eigenvalue weighted by Gasteiger charge is -2.33. The van der Waals surface area contributed by atoms with Crippen LogP contribution in [0.2, 0.25) is 0 Å². The van der Waals surface area contributed by atoms with Crippen molar-refractivity contribution in [3.8, 4) is 0 Å². The minimum absolute atomic E-state index is 0.0303. The topological polar surface area (TPSA) is 69.6 Å². The number of nitrogens with zero attached hydrogens (tertiary/aromatic N) is 5. The monoisotopic (exact) mass is 439 g/mol. The molecule has 2 amide bonds. The highest BCUT2D eigenvalue weighted by Gasteiger charge is 2.33. The molecule has 0 spiro atoms. The molecular formula is C24H30FN5O2. The van der Waals surface area contributed by atoms with Crippen LogP contribution in [0.3, 0.4) is 0 Å². The van der Waals surface area contributed by atoms with Gasteiger partial charge in [0.2, 0.25) is 11.8 Å². The summed E-state index contributed by atoms with van der Waals surface area (Å²) in [6, 6.07) is 6.64. The summed E-state index contributed by atoms with van der Waals surface area (Å²) >= 11 is 0. The summed E-state index contributed by atoms with van der Waals surface area (Å²) in [4.78, 5) is 40.2. The second kappa shape index (κ2) is 9.32. The van der Waals surface area contributed by atoms with Crippen LogP contribution < -0.4 is 4.90 Å². The van der Waals surface area contributed by atoms with Gasteiger partial charge in [-0.15, -0.1) is 0 Å². The molecule has 7 nitrogen and oxygen atoms in total. The maximum Gasteiger partial charge on any atom is 0.236 e. The number of likely N-dealkylation sites (N-methyl/N-ethyl adjacent to an activating group) is 1. The first-order valence-corrected chi connectivity index (χ1v) is 11.2. The number of piperidine rings is 1. The van der Waals surface area contributed by atoms with Crippen molar-refractivity contribution >= 4 is 17.6 Å². The minimum atomic E-state index is -0.261. The standard InChI is InChI=1S/C24H30FN5O2/c1-16-19-13-21(31)30(12-10-17-7-4-5-9-20(17)25)24(19)27-23(26-16)18-8-6-11-29(14-18)22(32)15-28(2)3/h4-5,7,9,18H,6,8,10-15H2,1-3H3/t18-/m1/s1. The van der Waals surface area contributed by atoms with Gasteiger partial charge in [0.25, 0.3) is 0 Å². The van der Waals surface area contributed by atoms with E-state index in [9.17, 15) is 14.0 Å². The van der Waals surface area contributed by atoms with Crippen molar-refractivity contribution in [2.45, 2.75) is 38.5 Å². The molecule has 0 radical (unpaired) electrons. The number of likely N-dealkylation sites (tertiary alicyclic amines) is 1.